The van der Waals surface area contributed by atoms with Gasteiger partial charge in [0.05, 0.1) is 19.9 Å². The van der Waals surface area contributed by atoms with Crippen LogP contribution in [0, 0.1) is 5.82 Å². The second-order valence-corrected chi connectivity index (χ2v) is 16.1. The van der Waals surface area contributed by atoms with Crippen LogP contribution in [0.5, 0.6) is 11.8 Å². The number of rotatable bonds is 11. The molecule has 12 heteroatoms. The van der Waals surface area contributed by atoms with Gasteiger partial charge in [0, 0.05) is 102 Å². The molecule has 0 radical (unpaired) electrons. The molecule has 6 rings (SSSR count). The minimum atomic E-state index is -0.386. The van der Waals surface area contributed by atoms with Crippen LogP contribution in [0.25, 0.3) is 0 Å². The van der Waals surface area contributed by atoms with E-state index in [0.717, 1.165) is 70.9 Å². The number of aromatic nitrogens is 3. The molecule has 3 aliphatic heterocycles. The Bertz CT molecular complexity index is 1500. The third-order valence-electron chi connectivity index (χ3n) is 11.0. The Labute approximate surface area is 338 Å². The van der Waals surface area contributed by atoms with E-state index in [1.165, 1.54) is 76.5 Å². The van der Waals surface area contributed by atoms with Crippen LogP contribution in [0.15, 0.2) is 55.0 Å². The summed E-state index contributed by atoms with van der Waals surface area (Å²) in [4.78, 5) is 27.7. The fourth-order valence-corrected chi connectivity index (χ4v) is 7.56. The van der Waals surface area contributed by atoms with Crippen molar-refractivity contribution in [2.45, 2.75) is 98.6 Å². The maximum Gasteiger partial charge on any atom is 0.250 e. The fraction of sp³-hybridized carbons (Fsp3) is 0.659. The van der Waals surface area contributed by atoms with Crippen LogP contribution in [0.3, 0.4) is 0 Å². The summed E-state index contributed by atoms with van der Waals surface area (Å²) in [6.07, 6.45) is 9.18. The fourth-order valence-electron chi connectivity index (χ4n) is 7.56. The predicted molar refractivity (Wildman–Crippen MR) is 226 cm³/mol. The quantitative estimate of drug-likeness (QED) is 0.225. The third kappa shape index (κ3) is 15.9. The minimum Gasteiger partial charge on any atom is -0.481 e. The van der Waals surface area contributed by atoms with Crippen molar-refractivity contribution in [3.63, 3.8) is 0 Å². The number of nitrogens with zero attached hydrogens (tertiary/aromatic N) is 9. The summed E-state index contributed by atoms with van der Waals surface area (Å²) in [5.74, 6) is 0.366. The van der Waals surface area contributed by atoms with Gasteiger partial charge >= 0.3 is 0 Å². The Kier molecular flexibility index (Phi) is 19.9. The first-order valence-electron chi connectivity index (χ1n) is 21.0. The molecule has 3 saturated heterocycles. The number of hydrogen-bond acceptors (Lipinski definition) is 11. The van der Waals surface area contributed by atoms with Crippen LogP contribution in [0.1, 0.15) is 77.6 Å². The second kappa shape index (κ2) is 24.5. The summed E-state index contributed by atoms with van der Waals surface area (Å²) in [6, 6.07) is 13.7. The van der Waals surface area contributed by atoms with Gasteiger partial charge < -0.3 is 9.47 Å². The van der Waals surface area contributed by atoms with Crippen molar-refractivity contribution in [2.24, 2.45) is 0 Å². The normalized spacial score (nSPS) is 18.7. The molecule has 56 heavy (non-hydrogen) atoms. The lowest BCUT2D eigenvalue weighted by molar-refractivity contribution is 0.217. The van der Waals surface area contributed by atoms with Gasteiger partial charge in [-0.05, 0) is 129 Å². The van der Waals surface area contributed by atoms with Crippen LogP contribution in [0.2, 0.25) is 0 Å². The van der Waals surface area contributed by atoms with Gasteiger partial charge in [-0.2, -0.15) is 0 Å². The molecule has 6 heterocycles. The molecule has 0 amide bonds. The molecule has 3 aromatic heterocycles. The van der Waals surface area contributed by atoms with E-state index in [1.54, 1.807) is 13.3 Å². The minimum absolute atomic E-state index is 0.0654. The molecule has 0 spiro atoms. The van der Waals surface area contributed by atoms with Crippen molar-refractivity contribution in [3.8, 4) is 11.8 Å². The van der Waals surface area contributed by atoms with Crippen LogP contribution in [-0.4, -0.2) is 155 Å². The van der Waals surface area contributed by atoms with E-state index in [2.05, 4.69) is 104 Å². The number of methoxy groups -OCH3 is 2. The SMILES string of the molecule is CC(C)N1CCCN(Cc2ccccn2)CC1.COc1ccc(CN2CCCN(C(C)C)CC2)cn1.COc1ncc(CN2CCCN(C(C)C)CC2)cc1F. The Balaban J connectivity index is 0.000000187. The van der Waals surface area contributed by atoms with Gasteiger partial charge in [0.25, 0.3) is 0 Å². The van der Waals surface area contributed by atoms with E-state index in [0.29, 0.717) is 24.0 Å². The van der Waals surface area contributed by atoms with Crippen molar-refractivity contribution in [2.75, 3.05) is 92.8 Å². The zero-order valence-electron chi connectivity index (χ0n) is 35.9. The van der Waals surface area contributed by atoms with E-state index in [4.69, 9.17) is 9.47 Å². The Morgan fingerprint density at radius 1 is 0.554 bits per heavy atom. The summed E-state index contributed by atoms with van der Waals surface area (Å²) in [5.41, 5.74) is 3.35. The zero-order valence-corrected chi connectivity index (χ0v) is 35.9. The van der Waals surface area contributed by atoms with Crippen molar-refractivity contribution in [3.05, 3.63) is 77.6 Å². The van der Waals surface area contributed by atoms with Crippen molar-refractivity contribution < 1.29 is 13.9 Å². The number of halogens is 1. The molecule has 312 valence electrons. The largest absolute Gasteiger partial charge is 0.481 e. The highest BCUT2D eigenvalue weighted by Gasteiger charge is 2.19. The maximum atomic E-state index is 13.6. The lowest BCUT2D eigenvalue weighted by atomic mass is 10.2. The molecule has 0 unspecified atom stereocenters. The van der Waals surface area contributed by atoms with E-state index in [-0.39, 0.29) is 11.7 Å². The summed E-state index contributed by atoms with van der Waals surface area (Å²) in [6.45, 7) is 30.1. The van der Waals surface area contributed by atoms with Gasteiger partial charge in [0.2, 0.25) is 11.8 Å². The standard InChI is InChI=1S/C15H24FN3O.C15H25N3O.C14H23N3/c1-12(2)19-6-4-5-18(7-8-19)11-13-9-14(16)15(20-3)17-10-13;1-13(2)18-8-4-7-17(9-10-18)12-14-5-6-15(19-3)16-11-14;1-13(2)17-9-5-8-16(10-11-17)12-14-6-3-4-7-15-14/h9-10,12H,4-8,11H2,1-3H3;5-6,11,13H,4,7-10,12H2,1-3H3;3-4,6-7,13H,5,8-12H2,1-2H3. The zero-order chi connectivity index (χ0) is 40.3. The molecule has 3 aromatic rings. The van der Waals surface area contributed by atoms with Gasteiger partial charge in [-0.1, -0.05) is 12.1 Å². The summed E-state index contributed by atoms with van der Waals surface area (Å²) in [5, 5.41) is 0. The molecule has 0 saturated carbocycles. The molecule has 3 fully saturated rings. The molecule has 0 N–H and O–H groups in total. The third-order valence-corrected chi connectivity index (χ3v) is 11.0. The van der Waals surface area contributed by atoms with E-state index in [9.17, 15) is 4.39 Å². The van der Waals surface area contributed by atoms with E-state index >= 15 is 0 Å². The molecular weight excluding hydrogens is 706 g/mol. The Morgan fingerprint density at radius 3 is 1.50 bits per heavy atom. The molecule has 0 aliphatic carbocycles. The number of hydrogen-bond donors (Lipinski definition) is 0. The van der Waals surface area contributed by atoms with Gasteiger partial charge in [0.1, 0.15) is 0 Å². The summed E-state index contributed by atoms with van der Waals surface area (Å²) < 4.78 is 23.6. The lowest BCUT2D eigenvalue weighted by Crippen LogP contribution is -2.35. The smallest absolute Gasteiger partial charge is 0.250 e. The van der Waals surface area contributed by atoms with Gasteiger partial charge in [-0.25, -0.2) is 14.4 Å². The van der Waals surface area contributed by atoms with E-state index in [1.807, 2.05) is 24.5 Å². The average molecular weight is 778 g/mol. The van der Waals surface area contributed by atoms with Crippen LogP contribution in [-0.2, 0) is 19.6 Å². The second-order valence-electron chi connectivity index (χ2n) is 16.1. The Hall–Kier alpha value is -3.26. The monoisotopic (exact) mass is 778 g/mol. The van der Waals surface area contributed by atoms with Crippen molar-refractivity contribution in [1.82, 2.24) is 44.4 Å². The highest BCUT2D eigenvalue weighted by Crippen LogP contribution is 2.17. The molecule has 0 bridgehead atoms. The first kappa shape index (κ1) is 45.4. The lowest BCUT2D eigenvalue weighted by Gasteiger charge is -2.24. The molecular formula is C44H72FN9O2. The first-order valence-corrected chi connectivity index (χ1v) is 21.0. The van der Waals surface area contributed by atoms with Crippen molar-refractivity contribution >= 4 is 0 Å². The molecule has 0 aromatic carbocycles. The van der Waals surface area contributed by atoms with Gasteiger partial charge in [-0.15, -0.1) is 0 Å². The van der Waals surface area contributed by atoms with Crippen LogP contribution < -0.4 is 9.47 Å². The highest BCUT2D eigenvalue weighted by atomic mass is 19.1. The summed E-state index contributed by atoms with van der Waals surface area (Å²) in [7, 11) is 3.08. The average Bonchev–Trinajstić information content (AvgIpc) is 3.69. The number of ether oxygens (including phenoxy) is 2. The topological polar surface area (TPSA) is 76.6 Å². The molecule has 3 aliphatic rings. The number of pyridine rings is 3. The summed E-state index contributed by atoms with van der Waals surface area (Å²) >= 11 is 0. The Morgan fingerprint density at radius 2 is 1.07 bits per heavy atom. The first-order chi connectivity index (χ1) is 27.0. The van der Waals surface area contributed by atoms with Gasteiger partial charge in [-0.3, -0.25) is 34.4 Å². The molecule has 0 atom stereocenters. The van der Waals surface area contributed by atoms with Gasteiger partial charge in [0.15, 0.2) is 5.82 Å². The van der Waals surface area contributed by atoms with Crippen molar-refractivity contribution in [1.29, 1.82) is 0 Å². The van der Waals surface area contributed by atoms with E-state index < -0.39 is 0 Å². The van der Waals surface area contributed by atoms with Crippen LogP contribution >= 0.6 is 0 Å². The molecule has 11 nitrogen and oxygen atoms in total. The maximum absolute atomic E-state index is 13.6. The highest BCUT2D eigenvalue weighted by molar-refractivity contribution is 5.20. The van der Waals surface area contributed by atoms with Crippen LogP contribution in [0.4, 0.5) is 4.39 Å². The predicted octanol–water partition coefficient (Wildman–Crippen LogP) is 6.15.